The van der Waals surface area contributed by atoms with Gasteiger partial charge in [-0.05, 0) is 100 Å². The molecule has 1 N–H and O–H groups in total. The smallest absolute Gasteiger partial charge is 0.387 e. The normalized spacial score (nSPS) is 20.2. The van der Waals surface area contributed by atoms with Gasteiger partial charge in [0.05, 0.1) is 11.4 Å². The van der Waals surface area contributed by atoms with Crippen LogP contribution in [0.5, 0.6) is 5.75 Å². The van der Waals surface area contributed by atoms with Crippen molar-refractivity contribution in [2.75, 3.05) is 31.5 Å². The van der Waals surface area contributed by atoms with Crippen LogP contribution in [0.15, 0.2) is 53.4 Å². The van der Waals surface area contributed by atoms with Gasteiger partial charge in [-0.1, -0.05) is 6.07 Å². The average Bonchev–Trinajstić information content (AvgIpc) is 2.83. The molecular weight excluding hydrogens is 507 g/mol. The van der Waals surface area contributed by atoms with Gasteiger partial charge in [-0.3, -0.25) is 9.69 Å². The molecule has 0 aromatic heterocycles. The number of carbonyl (C=O) groups excluding carboxylic acids is 1. The Kier molecular flexibility index (Phi) is 7.87. The third-order valence-corrected chi connectivity index (χ3v) is 9.51. The molecule has 202 valence electrons. The molecule has 2 heterocycles. The van der Waals surface area contributed by atoms with Crippen LogP contribution in [0.3, 0.4) is 0 Å². The minimum Gasteiger partial charge on any atom is -0.435 e. The van der Waals surface area contributed by atoms with Gasteiger partial charge in [-0.15, -0.1) is 0 Å². The van der Waals surface area contributed by atoms with Gasteiger partial charge in [0.15, 0.2) is 0 Å². The lowest BCUT2D eigenvalue weighted by Crippen LogP contribution is -2.59. The van der Waals surface area contributed by atoms with E-state index in [-0.39, 0.29) is 28.5 Å². The van der Waals surface area contributed by atoms with Crippen molar-refractivity contribution in [3.05, 3.63) is 54.3 Å². The predicted molar refractivity (Wildman–Crippen MR) is 133 cm³/mol. The van der Waals surface area contributed by atoms with Crippen LogP contribution in [0.4, 0.5) is 18.9 Å². The molecule has 2 aromatic rings. The molecule has 2 aliphatic heterocycles. The van der Waals surface area contributed by atoms with E-state index in [0.29, 0.717) is 31.7 Å². The number of piperidine rings is 2. The highest BCUT2D eigenvalue weighted by molar-refractivity contribution is 7.89. The largest absolute Gasteiger partial charge is 0.435 e. The van der Waals surface area contributed by atoms with Gasteiger partial charge >= 0.3 is 6.61 Å². The van der Waals surface area contributed by atoms with Crippen LogP contribution in [0, 0.1) is 11.2 Å². The summed E-state index contributed by atoms with van der Waals surface area (Å²) in [7, 11) is -3.88. The number of anilines is 1. The van der Waals surface area contributed by atoms with Crippen LogP contribution >= 0.6 is 0 Å². The van der Waals surface area contributed by atoms with Crippen LogP contribution in [-0.2, 0) is 14.8 Å². The molecule has 0 radical (unpaired) electrons. The Morgan fingerprint density at radius 2 is 1.73 bits per heavy atom. The van der Waals surface area contributed by atoms with Crippen LogP contribution in [0.25, 0.3) is 0 Å². The minimum atomic E-state index is -3.88. The van der Waals surface area contributed by atoms with Gasteiger partial charge in [0.1, 0.15) is 11.6 Å². The third kappa shape index (κ3) is 6.45. The van der Waals surface area contributed by atoms with E-state index in [4.69, 9.17) is 0 Å². The summed E-state index contributed by atoms with van der Waals surface area (Å²) in [5.74, 6) is -0.799. The van der Waals surface area contributed by atoms with Crippen molar-refractivity contribution in [1.82, 2.24) is 9.21 Å². The highest BCUT2D eigenvalue weighted by Crippen LogP contribution is 2.46. The lowest BCUT2D eigenvalue weighted by molar-refractivity contribution is -0.118. The topological polar surface area (TPSA) is 79.0 Å². The van der Waals surface area contributed by atoms with E-state index in [9.17, 15) is 26.4 Å². The van der Waals surface area contributed by atoms with E-state index in [1.54, 1.807) is 0 Å². The first-order chi connectivity index (χ1) is 17.4. The van der Waals surface area contributed by atoms with Crippen molar-refractivity contribution in [3.63, 3.8) is 0 Å². The van der Waals surface area contributed by atoms with Crippen LogP contribution in [0.2, 0.25) is 0 Å². The number of hydrogen-bond donors (Lipinski definition) is 1. The van der Waals surface area contributed by atoms with Gasteiger partial charge in [0.2, 0.25) is 15.9 Å². The molecular formula is C26H32F3N3O4S. The summed E-state index contributed by atoms with van der Waals surface area (Å²) in [6.07, 6.45) is 3.05. The fraction of sp³-hybridized carbons (Fsp3) is 0.500. The number of halogens is 3. The number of likely N-dealkylation sites (tertiary alicyclic amines) is 1. The highest BCUT2D eigenvalue weighted by atomic mass is 32.2. The lowest BCUT2D eigenvalue weighted by Gasteiger charge is -2.53. The first kappa shape index (κ1) is 27.4. The molecule has 4 rings (SSSR count). The second-order valence-electron chi connectivity index (χ2n) is 10.5. The lowest BCUT2D eigenvalue weighted by atomic mass is 9.69. The summed E-state index contributed by atoms with van der Waals surface area (Å²) in [6.45, 7) is 2.71. The monoisotopic (exact) mass is 539 g/mol. The van der Waals surface area contributed by atoms with Crippen molar-refractivity contribution >= 4 is 21.6 Å². The first-order valence-corrected chi connectivity index (χ1v) is 13.7. The molecule has 0 unspecified atom stereocenters. The summed E-state index contributed by atoms with van der Waals surface area (Å²) in [5, 5.41) is 2.76. The SMILES string of the molecule is CC1(C)CCC2(CCN(CC(=O)Nc3ccc(OC(F)F)cc3)CC2)CN1S(=O)(=O)c1cccc(F)c1. The molecule has 0 saturated carbocycles. The number of nitrogens with one attached hydrogen (secondary N) is 1. The molecule has 2 saturated heterocycles. The first-order valence-electron chi connectivity index (χ1n) is 12.2. The number of sulfonamides is 1. The molecule has 2 aromatic carbocycles. The predicted octanol–water partition coefficient (Wildman–Crippen LogP) is 4.71. The Bertz CT molecular complexity index is 1210. The molecule has 2 aliphatic rings. The molecule has 0 aliphatic carbocycles. The zero-order valence-corrected chi connectivity index (χ0v) is 21.7. The maximum atomic E-state index is 13.8. The van der Waals surface area contributed by atoms with E-state index in [1.165, 1.54) is 46.8 Å². The maximum Gasteiger partial charge on any atom is 0.387 e. The molecule has 2 fully saturated rings. The second-order valence-corrected chi connectivity index (χ2v) is 12.4. The summed E-state index contributed by atoms with van der Waals surface area (Å²) in [4.78, 5) is 14.5. The van der Waals surface area contributed by atoms with E-state index in [2.05, 4.69) is 10.1 Å². The molecule has 1 amide bonds. The van der Waals surface area contributed by atoms with Gasteiger partial charge in [0.25, 0.3) is 0 Å². The van der Waals surface area contributed by atoms with Crippen molar-refractivity contribution in [3.8, 4) is 5.75 Å². The number of amides is 1. The Labute approximate surface area is 215 Å². The zero-order chi connectivity index (χ0) is 26.8. The molecule has 0 bridgehead atoms. The molecule has 1 spiro atoms. The van der Waals surface area contributed by atoms with E-state index < -0.39 is 28.0 Å². The number of rotatable bonds is 7. The summed E-state index contributed by atoms with van der Waals surface area (Å²) < 4.78 is 71.2. The Balaban J connectivity index is 1.36. The highest BCUT2D eigenvalue weighted by Gasteiger charge is 2.49. The van der Waals surface area contributed by atoms with Crippen molar-refractivity contribution in [2.24, 2.45) is 5.41 Å². The Morgan fingerprint density at radius 1 is 1.05 bits per heavy atom. The van der Waals surface area contributed by atoms with Gasteiger partial charge < -0.3 is 10.1 Å². The van der Waals surface area contributed by atoms with Crippen molar-refractivity contribution in [1.29, 1.82) is 0 Å². The number of alkyl halides is 2. The fourth-order valence-electron chi connectivity index (χ4n) is 5.18. The number of nitrogens with zero attached hydrogens (tertiary/aromatic N) is 2. The van der Waals surface area contributed by atoms with Gasteiger partial charge in [0, 0.05) is 17.8 Å². The standard InChI is InChI=1S/C26H32F3N3O4S/c1-25(2)10-11-26(18-32(25)37(34,35)22-5-3-4-19(27)16-22)12-14-31(15-13-26)17-23(33)30-20-6-8-21(9-7-20)36-24(28)29/h3-9,16,24H,10-15,17-18H2,1-2H3,(H,30,33). The van der Waals surface area contributed by atoms with Gasteiger partial charge in [-0.2, -0.15) is 13.1 Å². The van der Waals surface area contributed by atoms with E-state index >= 15 is 0 Å². The summed E-state index contributed by atoms with van der Waals surface area (Å²) in [5.41, 5.74) is -0.319. The molecule has 37 heavy (non-hydrogen) atoms. The van der Waals surface area contributed by atoms with Crippen molar-refractivity contribution < 1.29 is 31.1 Å². The number of benzene rings is 2. The Hall–Kier alpha value is -2.63. The van der Waals surface area contributed by atoms with Crippen molar-refractivity contribution in [2.45, 2.75) is 56.6 Å². The second kappa shape index (κ2) is 10.6. The fourth-order valence-corrected chi connectivity index (χ4v) is 7.13. The van der Waals surface area contributed by atoms with E-state index in [0.717, 1.165) is 25.3 Å². The quantitative estimate of drug-likeness (QED) is 0.552. The summed E-state index contributed by atoms with van der Waals surface area (Å²) in [6, 6.07) is 10.8. The minimum absolute atomic E-state index is 0.0124. The van der Waals surface area contributed by atoms with Crippen LogP contribution < -0.4 is 10.1 Å². The molecule has 11 heteroatoms. The zero-order valence-electron chi connectivity index (χ0n) is 20.9. The van der Waals surface area contributed by atoms with Crippen LogP contribution in [-0.4, -0.2) is 61.9 Å². The molecule has 7 nitrogen and oxygen atoms in total. The molecule has 0 atom stereocenters. The number of hydrogen-bond acceptors (Lipinski definition) is 5. The van der Waals surface area contributed by atoms with E-state index in [1.807, 2.05) is 18.7 Å². The average molecular weight is 540 g/mol. The van der Waals surface area contributed by atoms with Crippen LogP contribution in [0.1, 0.15) is 39.5 Å². The number of carbonyl (C=O) groups is 1. The summed E-state index contributed by atoms with van der Waals surface area (Å²) >= 11 is 0. The third-order valence-electron chi connectivity index (χ3n) is 7.45. The van der Waals surface area contributed by atoms with Gasteiger partial charge in [-0.25, -0.2) is 12.8 Å². The number of ether oxygens (including phenoxy) is 1. The maximum absolute atomic E-state index is 13.8. The Morgan fingerprint density at radius 3 is 2.35 bits per heavy atom.